The molecule has 2 rings (SSSR count). The van der Waals surface area contributed by atoms with Gasteiger partial charge in [-0.1, -0.05) is 0 Å². The highest BCUT2D eigenvalue weighted by atomic mass is 16.0. The molecule has 0 aliphatic heterocycles. The molecule has 2 aromatic heterocycles. The molecule has 0 fully saturated rings. The van der Waals surface area contributed by atoms with E-state index < -0.39 is 0 Å². The third-order valence-electron chi connectivity index (χ3n) is 2.20. The molecule has 0 bridgehead atoms. The predicted molar refractivity (Wildman–Crippen MR) is 59.5 cm³/mol. The smallest absolute Gasteiger partial charge is 0.0270 e. The second kappa shape index (κ2) is 5.88. The predicted octanol–water partition coefficient (Wildman–Crippen LogP) is 1.44. The molecule has 0 radical (unpaired) electrons. The Bertz CT molecular complexity index is 336. The molecule has 3 nitrogen and oxygen atoms in total. The Morgan fingerprint density at radius 1 is 0.667 bits per heavy atom. The van der Waals surface area contributed by atoms with Crippen LogP contribution in [-0.4, -0.2) is 15.4 Å². The molecule has 0 amide bonds. The van der Waals surface area contributed by atoms with E-state index in [-0.39, 0.29) is 5.48 Å². The third kappa shape index (κ3) is 3.48. The summed E-state index contributed by atoms with van der Waals surface area (Å²) in [6.07, 6.45) is 9.46. The summed E-state index contributed by atoms with van der Waals surface area (Å²) in [5.74, 6) is 0. The first kappa shape index (κ1) is 11.3. The van der Waals surface area contributed by atoms with Crippen LogP contribution in [0.15, 0.2) is 49.1 Å². The normalized spacial score (nSPS) is 9.33. The maximum Gasteiger partial charge on any atom is 0.0270 e. The van der Waals surface area contributed by atoms with Crippen molar-refractivity contribution in [3.8, 4) is 0 Å². The Kier molecular flexibility index (Phi) is 4.44. The maximum absolute atomic E-state index is 3.99. The van der Waals surface area contributed by atoms with Crippen molar-refractivity contribution in [2.24, 2.45) is 0 Å². The van der Waals surface area contributed by atoms with Crippen LogP contribution in [0.1, 0.15) is 11.1 Å². The van der Waals surface area contributed by atoms with E-state index in [0.717, 1.165) is 12.8 Å². The van der Waals surface area contributed by atoms with E-state index in [9.17, 15) is 0 Å². The number of hydrogen-bond acceptors (Lipinski definition) is 2. The zero-order valence-corrected chi connectivity index (χ0v) is 8.43. The lowest BCUT2D eigenvalue weighted by Crippen LogP contribution is -1.91. The van der Waals surface area contributed by atoms with Gasteiger partial charge in [0.1, 0.15) is 0 Å². The first-order valence-electron chi connectivity index (χ1n) is 4.73. The molecule has 3 heteroatoms. The fraction of sp³-hybridized carbons (Fsp3) is 0.167. The van der Waals surface area contributed by atoms with Gasteiger partial charge in [0.25, 0.3) is 0 Å². The van der Waals surface area contributed by atoms with Crippen LogP contribution in [-0.2, 0) is 12.8 Å². The van der Waals surface area contributed by atoms with Crippen molar-refractivity contribution < 1.29 is 5.48 Å². The number of pyridine rings is 2. The van der Waals surface area contributed by atoms with Crippen LogP contribution in [0.5, 0.6) is 0 Å². The van der Waals surface area contributed by atoms with E-state index in [1.54, 1.807) is 0 Å². The van der Waals surface area contributed by atoms with Crippen molar-refractivity contribution >= 4 is 0 Å². The van der Waals surface area contributed by atoms with Gasteiger partial charge < -0.3 is 5.48 Å². The Labute approximate surface area is 89.1 Å². The van der Waals surface area contributed by atoms with E-state index in [2.05, 4.69) is 34.2 Å². The number of aromatic nitrogens is 2. The number of hydrogen-bond donors (Lipinski definition) is 0. The van der Waals surface area contributed by atoms with Gasteiger partial charge in [0, 0.05) is 24.8 Å². The van der Waals surface area contributed by atoms with Gasteiger partial charge in [0.15, 0.2) is 0 Å². The summed E-state index contributed by atoms with van der Waals surface area (Å²) in [4.78, 5) is 7.98. The number of rotatable bonds is 3. The average molecular weight is 202 g/mol. The summed E-state index contributed by atoms with van der Waals surface area (Å²) in [5, 5.41) is 0. The Hall–Kier alpha value is -1.74. The molecular weight excluding hydrogens is 188 g/mol. The number of nitrogens with zero attached hydrogens (tertiary/aromatic N) is 2. The molecule has 0 spiro atoms. The molecule has 0 aliphatic carbocycles. The van der Waals surface area contributed by atoms with Gasteiger partial charge in [-0.2, -0.15) is 0 Å². The van der Waals surface area contributed by atoms with Crippen LogP contribution < -0.4 is 0 Å². The molecule has 2 N–H and O–H groups in total. The molecule has 0 aromatic carbocycles. The second-order valence-electron chi connectivity index (χ2n) is 3.21. The molecule has 0 saturated carbocycles. The average Bonchev–Trinajstić information content (AvgIpc) is 2.29. The van der Waals surface area contributed by atoms with Crippen molar-refractivity contribution in [2.45, 2.75) is 12.8 Å². The first-order chi connectivity index (χ1) is 6.95. The number of aryl methyl sites for hydroxylation is 2. The van der Waals surface area contributed by atoms with Crippen molar-refractivity contribution in [1.29, 1.82) is 0 Å². The largest absolute Gasteiger partial charge is 0.412 e. The van der Waals surface area contributed by atoms with Crippen molar-refractivity contribution in [3.63, 3.8) is 0 Å². The van der Waals surface area contributed by atoms with Gasteiger partial charge in [-0.05, 0) is 48.2 Å². The monoisotopic (exact) mass is 202 g/mol. The minimum absolute atomic E-state index is 0. The minimum atomic E-state index is 0. The van der Waals surface area contributed by atoms with Crippen LogP contribution in [0.4, 0.5) is 0 Å². The molecule has 78 valence electrons. The van der Waals surface area contributed by atoms with Gasteiger partial charge in [0.2, 0.25) is 0 Å². The zero-order valence-electron chi connectivity index (χ0n) is 8.43. The first-order valence-corrected chi connectivity index (χ1v) is 4.73. The lowest BCUT2D eigenvalue weighted by molar-refractivity contribution is 0.824. The molecule has 0 saturated heterocycles. The van der Waals surface area contributed by atoms with Crippen LogP contribution in [0.25, 0.3) is 0 Å². The fourth-order valence-corrected chi connectivity index (χ4v) is 1.39. The van der Waals surface area contributed by atoms with Crippen molar-refractivity contribution in [1.82, 2.24) is 9.97 Å². The summed E-state index contributed by atoms with van der Waals surface area (Å²) in [5.41, 5.74) is 2.66. The van der Waals surface area contributed by atoms with E-state index in [1.807, 2.05) is 24.8 Å². The Morgan fingerprint density at radius 2 is 1.00 bits per heavy atom. The summed E-state index contributed by atoms with van der Waals surface area (Å²) in [7, 11) is 0. The van der Waals surface area contributed by atoms with E-state index in [0.29, 0.717) is 0 Å². The van der Waals surface area contributed by atoms with E-state index >= 15 is 0 Å². The SMILES string of the molecule is O.c1cc(CCc2ccncc2)ccn1. The molecule has 15 heavy (non-hydrogen) atoms. The van der Waals surface area contributed by atoms with Crippen molar-refractivity contribution in [2.75, 3.05) is 0 Å². The molecule has 0 aliphatic rings. The minimum Gasteiger partial charge on any atom is -0.412 e. The second-order valence-corrected chi connectivity index (χ2v) is 3.21. The molecular formula is C12H14N2O. The van der Waals surface area contributed by atoms with Crippen LogP contribution in [0.2, 0.25) is 0 Å². The maximum atomic E-state index is 3.99. The topological polar surface area (TPSA) is 57.3 Å². The van der Waals surface area contributed by atoms with Gasteiger partial charge in [0.05, 0.1) is 0 Å². The van der Waals surface area contributed by atoms with Gasteiger partial charge in [-0.15, -0.1) is 0 Å². The van der Waals surface area contributed by atoms with Crippen molar-refractivity contribution in [3.05, 3.63) is 60.2 Å². The highest BCUT2D eigenvalue weighted by molar-refractivity contribution is 5.15. The van der Waals surface area contributed by atoms with Gasteiger partial charge >= 0.3 is 0 Å². The highest BCUT2D eigenvalue weighted by Gasteiger charge is 1.93. The fourth-order valence-electron chi connectivity index (χ4n) is 1.39. The summed E-state index contributed by atoms with van der Waals surface area (Å²) in [6.45, 7) is 0. The lowest BCUT2D eigenvalue weighted by Gasteiger charge is -2.00. The molecule has 0 unspecified atom stereocenters. The molecule has 2 aromatic rings. The lowest BCUT2D eigenvalue weighted by atomic mass is 10.1. The highest BCUT2D eigenvalue weighted by Crippen LogP contribution is 2.04. The van der Waals surface area contributed by atoms with Crippen LogP contribution >= 0.6 is 0 Å². The molecule has 2 heterocycles. The summed E-state index contributed by atoms with van der Waals surface area (Å²) >= 11 is 0. The summed E-state index contributed by atoms with van der Waals surface area (Å²) in [6, 6.07) is 8.23. The Balaban J connectivity index is 0.00000112. The van der Waals surface area contributed by atoms with Gasteiger partial charge in [-0.25, -0.2) is 0 Å². The third-order valence-corrected chi connectivity index (χ3v) is 2.20. The van der Waals surface area contributed by atoms with E-state index in [1.165, 1.54) is 11.1 Å². The standard InChI is InChI=1S/C12H12N2.H2O/c1(11-3-7-13-8-4-11)2-12-5-9-14-10-6-12;/h3-10H,1-2H2;1H2. The van der Waals surface area contributed by atoms with Crippen LogP contribution in [0.3, 0.4) is 0 Å². The van der Waals surface area contributed by atoms with Gasteiger partial charge in [-0.3, -0.25) is 9.97 Å². The molecule has 0 atom stereocenters. The quantitative estimate of drug-likeness (QED) is 0.756. The Morgan fingerprint density at radius 3 is 1.33 bits per heavy atom. The zero-order chi connectivity index (χ0) is 9.64. The van der Waals surface area contributed by atoms with E-state index in [4.69, 9.17) is 0 Å². The summed E-state index contributed by atoms with van der Waals surface area (Å²) < 4.78 is 0. The van der Waals surface area contributed by atoms with Crippen LogP contribution in [0, 0.1) is 0 Å².